The van der Waals surface area contributed by atoms with Crippen LogP contribution in [0.2, 0.25) is 0 Å². The monoisotopic (exact) mass is 369 g/mol. The number of hydrogen-bond acceptors (Lipinski definition) is 4. The van der Waals surface area contributed by atoms with Crippen LogP contribution in [0.4, 0.5) is 14.5 Å². The molecule has 3 aromatic rings. The molecule has 0 spiro atoms. The van der Waals surface area contributed by atoms with Crippen LogP contribution in [0.25, 0.3) is 11.4 Å². The minimum atomic E-state index is -0.427. The van der Waals surface area contributed by atoms with E-state index in [2.05, 4.69) is 10.1 Å². The fourth-order valence-corrected chi connectivity index (χ4v) is 3.30. The Morgan fingerprint density at radius 2 is 1.85 bits per heavy atom. The van der Waals surface area contributed by atoms with Crippen molar-refractivity contribution < 1.29 is 18.1 Å². The van der Waals surface area contributed by atoms with E-state index in [-0.39, 0.29) is 35.5 Å². The number of carbonyl (C=O) groups is 1. The molecule has 4 rings (SSSR count). The van der Waals surface area contributed by atoms with E-state index in [0.717, 1.165) is 6.42 Å². The zero-order chi connectivity index (χ0) is 18.8. The summed E-state index contributed by atoms with van der Waals surface area (Å²) in [6, 6.07) is 12.1. The Kier molecular flexibility index (Phi) is 4.66. The summed E-state index contributed by atoms with van der Waals surface area (Å²) < 4.78 is 32.4. The standard InChI is InChI=1S/C20H17F2N3O2/c21-14-7-9-15(10-8-14)25-11-3-4-13(12-18(25)26)20-23-19(24-27-20)16-5-1-2-6-17(16)22/h1-2,5-10,13H,3-4,11-12H2. The number of aromatic nitrogens is 2. The molecule has 0 radical (unpaired) electrons. The summed E-state index contributed by atoms with van der Waals surface area (Å²) in [6.45, 7) is 0.537. The van der Waals surface area contributed by atoms with E-state index in [0.29, 0.717) is 24.5 Å². The summed E-state index contributed by atoms with van der Waals surface area (Å²) in [5.41, 5.74) is 0.931. The number of amides is 1. The van der Waals surface area contributed by atoms with Gasteiger partial charge in [0.1, 0.15) is 11.6 Å². The lowest BCUT2D eigenvalue weighted by atomic mass is 10.0. The minimum absolute atomic E-state index is 0.0882. The average Bonchev–Trinajstić information content (AvgIpc) is 3.07. The lowest BCUT2D eigenvalue weighted by Gasteiger charge is -2.20. The molecule has 27 heavy (non-hydrogen) atoms. The van der Waals surface area contributed by atoms with E-state index in [1.54, 1.807) is 35.2 Å². The van der Waals surface area contributed by atoms with Crippen LogP contribution in [0.15, 0.2) is 53.1 Å². The van der Waals surface area contributed by atoms with Crippen molar-refractivity contribution in [2.45, 2.75) is 25.2 Å². The van der Waals surface area contributed by atoms with Crippen molar-refractivity contribution in [3.8, 4) is 11.4 Å². The van der Waals surface area contributed by atoms with Gasteiger partial charge < -0.3 is 9.42 Å². The molecule has 1 aliphatic rings. The normalized spacial score (nSPS) is 17.8. The molecule has 2 aromatic carbocycles. The lowest BCUT2D eigenvalue weighted by molar-refractivity contribution is -0.118. The topological polar surface area (TPSA) is 59.2 Å². The number of carbonyl (C=O) groups excluding carboxylic acids is 1. The van der Waals surface area contributed by atoms with E-state index in [4.69, 9.17) is 4.52 Å². The Morgan fingerprint density at radius 3 is 2.63 bits per heavy atom. The quantitative estimate of drug-likeness (QED) is 0.690. The van der Waals surface area contributed by atoms with Gasteiger partial charge in [0.25, 0.3) is 0 Å². The molecule has 1 atom stereocenters. The highest BCUT2D eigenvalue weighted by molar-refractivity contribution is 5.94. The van der Waals surface area contributed by atoms with Gasteiger partial charge in [-0.2, -0.15) is 4.98 Å². The lowest BCUT2D eigenvalue weighted by Crippen LogP contribution is -2.30. The van der Waals surface area contributed by atoms with E-state index < -0.39 is 5.82 Å². The Morgan fingerprint density at radius 1 is 1.07 bits per heavy atom. The predicted molar refractivity (Wildman–Crippen MR) is 95.0 cm³/mol. The van der Waals surface area contributed by atoms with Gasteiger partial charge in [0.2, 0.25) is 17.6 Å². The van der Waals surface area contributed by atoms with Crippen LogP contribution in [-0.2, 0) is 4.79 Å². The van der Waals surface area contributed by atoms with Gasteiger partial charge in [-0.25, -0.2) is 8.78 Å². The molecular weight excluding hydrogens is 352 g/mol. The van der Waals surface area contributed by atoms with Crippen LogP contribution >= 0.6 is 0 Å². The van der Waals surface area contributed by atoms with Crippen molar-refractivity contribution >= 4 is 11.6 Å². The van der Waals surface area contributed by atoms with Gasteiger partial charge in [-0.3, -0.25) is 4.79 Å². The largest absolute Gasteiger partial charge is 0.339 e. The van der Waals surface area contributed by atoms with E-state index in [9.17, 15) is 13.6 Å². The van der Waals surface area contributed by atoms with Crippen molar-refractivity contribution in [3.63, 3.8) is 0 Å². The Balaban J connectivity index is 1.53. The maximum Gasteiger partial charge on any atom is 0.230 e. The molecule has 1 aromatic heterocycles. The summed E-state index contributed by atoms with van der Waals surface area (Å²) in [5.74, 6) is -0.571. The molecule has 1 unspecified atom stereocenters. The molecule has 5 nitrogen and oxygen atoms in total. The number of halogens is 2. The van der Waals surface area contributed by atoms with Gasteiger partial charge in [0, 0.05) is 24.6 Å². The predicted octanol–water partition coefficient (Wildman–Crippen LogP) is 4.32. The molecule has 2 heterocycles. The molecule has 1 amide bonds. The van der Waals surface area contributed by atoms with Crippen LogP contribution in [0.3, 0.4) is 0 Å². The smallest absolute Gasteiger partial charge is 0.230 e. The molecule has 1 saturated heterocycles. The van der Waals surface area contributed by atoms with E-state index >= 15 is 0 Å². The highest BCUT2D eigenvalue weighted by atomic mass is 19.1. The Bertz CT molecular complexity index is 956. The number of benzene rings is 2. The molecular formula is C20H17F2N3O2. The third-order valence-corrected chi connectivity index (χ3v) is 4.70. The second-order valence-corrected chi connectivity index (χ2v) is 6.50. The Hall–Kier alpha value is -3.09. The molecule has 1 fully saturated rings. The van der Waals surface area contributed by atoms with Gasteiger partial charge in [-0.15, -0.1) is 0 Å². The first-order valence-electron chi connectivity index (χ1n) is 8.76. The van der Waals surface area contributed by atoms with Crippen LogP contribution in [0, 0.1) is 11.6 Å². The van der Waals surface area contributed by atoms with Crippen LogP contribution < -0.4 is 4.90 Å². The van der Waals surface area contributed by atoms with Gasteiger partial charge in [-0.05, 0) is 49.2 Å². The zero-order valence-corrected chi connectivity index (χ0v) is 14.4. The van der Waals surface area contributed by atoms with Gasteiger partial charge >= 0.3 is 0 Å². The first-order valence-corrected chi connectivity index (χ1v) is 8.76. The second-order valence-electron chi connectivity index (χ2n) is 6.50. The number of anilines is 1. The average molecular weight is 369 g/mol. The van der Waals surface area contributed by atoms with Gasteiger partial charge in [0.15, 0.2) is 0 Å². The van der Waals surface area contributed by atoms with Crippen molar-refractivity contribution in [3.05, 3.63) is 66.1 Å². The number of hydrogen-bond donors (Lipinski definition) is 0. The minimum Gasteiger partial charge on any atom is -0.339 e. The van der Waals surface area contributed by atoms with Crippen molar-refractivity contribution in [1.29, 1.82) is 0 Å². The van der Waals surface area contributed by atoms with Crippen LogP contribution in [0.5, 0.6) is 0 Å². The fourth-order valence-electron chi connectivity index (χ4n) is 3.30. The maximum absolute atomic E-state index is 13.9. The van der Waals surface area contributed by atoms with Crippen molar-refractivity contribution in [1.82, 2.24) is 10.1 Å². The Labute approximate surface area is 154 Å². The van der Waals surface area contributed by atoms with Gasteiger partial charge in [0.05, 0.1) is 5.56 Å². The summed E-state index contributed by atoms with van der Waals surface area (Å²) in [5, 5.41) is 3.87. The third kappa shape index (κ3) is 3.58. The third-order valence-electron chi connectivity index (χ3n) is 4.70. The second kappa shape index (κ2) is 7.26. The van der Waals surface area contributed by atoms with Crippen LogP contribution in [-0.4, -0.2) is 22.6 Å². The molecule has 0 N–H and O–H groups in total. The van der Waals surface area contributed by atoms with E-state index in [1.165, 1.54) is 18.2 Å². The van der Waals surface area contributed by atoms with Gasteiger partial charge in [-0.1, -0.05) is 17.3 Å². The first-order chi connectivity index (χ1) is 13.1. The first kappa shape index (κ1) is 17.3. The molecule has 0 bridgehead atoms. The fraction of sp³-hybridized carbons (Fsp3) is 0.250. The molecule has 0 saturated carbocycles. The summed E-state index contributed by atoms with van der Waals surface area (Å²) in [6.07, 6.45) is 1.64. The van der Waals surface area contributed by atoms with E-state index in [1.807, 2.05) is 0 Å². The molecule has 1 aliphatic heterocycles. The highest BCUT2D eigenvalue weighted by Gasteiger charge is 2.29. The van der Waals surface area contributed by atoms with Crippen LogP contribution in [0.1, 0.15) is 31.1 Å². The summed E-state index contributed by atoms with van der Waals surface area (Å²) >= 11 is 0. The van der Waals surface area contributed by atoms with Crippen molar-refractivity contribution in [2.24, 2.45) is 0 Å². The summed E-state index contributed by atoms with van der Waals surface area (Å²) in [4.78, 5) is 18.7. The summed E-state index contributed by atoms with van der Waals surface area (Å²) in [7, 11) is 0. The van der Waals surface area contributed by atoms with Crippen molar-refractivity contribution in [2.75, 3.05) is 11.4 Å². The number of nitrogens with zero attached hydrogens (tertiary/aromatic N) is 3. The molecule has 138 valence electrons. The SMILES string of the molecule is O=C1CC(c2nc(-c3ccccc3F)no2)CCCN1c1ccc(F)cc1. The maximum atomic E-state index is 13.9. The number of rotatable bonds is 3. The zero-order valence-electron chi connectivity index (χ0n) is 14.4. The molecule has 0 aliphatic carbocycles. The highest BCUT2D eigenvalue weighted by Crippen LogP contribution is 2.31. The molecule has 7 heteroatoms.